The van der Waals surface area contributed by atoms with E-state index in [2.05, 4.69) is 21.0 Å². The second-order valence-corrected chi connectivity index (χ2v) is 8.11. The molecule has 0 spiro atoms. The number of amides is 1. The Hall–Kier alpha value is -2.15. The maximum Gasteiger partial charge on any atom is 0.356 e. The topological polar surface area (TPSA) is 75.4 Å². The van der Waals surface area contributed by atoms with Gasteiger partial charge in [-0.05, 0) is 24.3 Å². The van der Waals surface area contributed by atoms with E-state index >= 15 is 0 Å². The molecule has 7 heteroatoms. The van der Waals surface area contributed by atoms with Gasteiger partial charge in [-0.1, -0.05) is 36.7 Å². The summed E-state index contributed by atoms with van der Waals surface area (Å²) in [6.45, 7) is 6.45. The molecule has 1 aliphatic rings. The van der Waals surface area contributed by atoms with Crippen LogP contribution in [0.2, 0.25) is 0 Å². The summed E-state index contributed by atoms with van der Waals surface area (Å²) >= 11 is 3.40. The molecule has 1 N–H and O–H groups in total. The predicted molar refractivity (Wildman–Crippen MR) is 96.8 cm³/mol. The molecule has 2 aromatic rings. The zero-order chi connectivity index (χ0) is 18.4. The van der Waals surface area contributed by atoms with E-state index in [1.54, 1.807) is 9.58 Å². The molecule has 1 aromatic carbocycles. The average Bonchev–Trinajstić information content (AvgIpc) is 2.93. The molecule has 1 aromatic heterocycles. The Labute approximate surface area is 154 Å². The lowest BCUT2D eigenvalue weighted by molar-refractivity contribution is -0.140. The van der Waals surface area contributed by atoms with Crippen LogP contribution in [0.4, 0.5) is 0 Å². The minimum absolute atomic E-state index is 0.0179. The van der Waals surface area contributed by atoms with Gasteiger partial charge in [0.2, 0.25) is 5.91 Å². The maximum atomic E-state index is 12.6. The molecule has 0 unspecified atom stereocenters. The first-order valence-corrected chi connectivity index (χ1v) is 8.87. The summed E-state index contributed by atoms with van der Waals surface area (Å²) in [4.78, 5) is 26.0. The van der Waals surface area contributed by atoms with Crippen molar-refractivity contribution >= 4 is 27.8 Å². The largest absolute Gasteiger partial charge is 0.476 e. The van der Waals surface area contributed by atoms with Gasteiger partial charge in [-0.15, -0.1) is 0 Å². The van der Waals surface area contributed by atoms with Crippen LogP contribution in [0.3, 0.4) is 0 Å². The third-order valence-corrected chi connectivity index (χ3v) is 4.79. The highest BCUT2D eigenvalue weighted by molar-refractivity contribution is 9.10. The van der Waals surface area contributed by atoms with Crippen molar-refractivity contribution in [3.05, 3.63) is 45.7 Å². The third kappa shape index (κ3) is 3.33. The number of hydrogen-bond donors (Lipinski definition) is 1. The number of aromatic carboxylic acids is 1. The van der Waals surface area contributed by atoms with Crippen molar-refractivity contribution in [3.63, 3.8) is 0 Å². The Kier molecular flexibility index (Phi) is 4.45. The van der Waals surface area contributed by atoms with E-state index in [9.17, 15) is 14.7 Å². The minimum atomic E-state index is -1.07. The molecule has 1 aliphatic heterocycles. The Morgan fingerprint density at radius 3 is 2.40 bits per heavy atom. The van der Waals surface area contributed by atoms with Gasteiger partial charge in [-0.25, -0.2) is 9.48 Å². The van der Waals surface area contributed by atoms with E-state index in [-0.39, 0.29) is 18.1 Å². The summed E-state index contributed by atoms with van der Waals surface area (Å²) in [5.74, 6) is -1.05. The molecule has 6 nitrogen and oxygen atoms in total. The van der Waals surface area contributed by atoms with Gasteiger partial charge in [0.25, 0.3) is 0 Å². The molecule has 0 bridgehead atoms. The van der Waals surface area contributed by atoms with Crippen LogP contribution in [0.5, 0.6) is 0 Å². The molecule has 132 valence electrons. The highest BCUT2D eigenvalue weighted by Crippen LogP contribution is 2.28. The van der Waals surface area contributed by atoms with Crippen molar-refractivity contribution in [1.29, 1.82) is 0 Å². The van der Waals surface area contributed by atoms with Gasteiger partial charge < -0.3 is 10.0 Å². The number of carbonyl (C=O) groups excluding carboxylic acids is 1. The van der Waals surface area contributed by atoms with E-state index in [0.717, 1.165) is 15.9 Å². The summed E-state index contributed by atoms with van der Waals surface area (Å²) in [7, 11) is 0. The molecule has 0 aliphatic carbocycles. The van der Waals surface area contributed by atoms with Gasteiger partial charge in [0.15, 0.2) is 5.69 Å². The fourth-order valence-corrected chi connectivity index (χ4v) is 3.30. The van der Waals surface area contributed by atoms with Crippen LogP contribution in [0.1, 0.15) is 42.5 Å². The van der Waals surface area contributed by atoms with Crippen LogP contribution in [-0.4, -0.2) is 38.2 Å². The van der Waals surface area contributed by atoms with Crippen LogP contribution in [0, 0.1) is 5.41 Å². The molecule has 25 heavy (non-hydrogen) atoms. The second kappa shape index (κ2) is 6.29. The fourth-order valence-electron chi connectivity index (χ4n) is 3.03. The van der Waals surface area contributed by atoms with Gasteiger partial charge >= 0.3 is 5.97 Å². The summed E-state index contributed by atoms with van der Waals surface area (Å²) < 4.78 is 2.63. The van der Waals surface area contributed by atoms with Crippen LogP contribution >= 0.6 is 15.9 Å². The molecule has 2 heterocycles. The van der Waals surface area contributed by atoms with Crippen molar-refractivity contribution in [2.75, 3.05) is 6.54 Å². The molecule has 3 rings (SSSR count). The monoisotopic (exact) mass is 405 g/mol. The SMILES string of the molecule is CC(C)(C)C(=O)N1CCc2c(c(C(=O)O)nn2-c2ccc(Br)cc2)C1. The second-order valence-electron chi connectivity index (χ2n) is 7.19. The molecule has 0 saturated carbocycles. The highest BCUT2D eigenvalue weighted by Gasteiger charge is 2.34. The number of carboxylic acids is 1. The lowest BCUT2D eigenvalue weighted by atomic mass is 9.93. The smallest absolute Gasteiger partial charge is 0.356 e. The standard InChI is InChI=1S/C18H20BrN3O3/c1-18(2,3)17(25)21-9-8-14-13(10-21)15(16(23)24)20-22(14)12-6-4-11(19)5-7-12/h4-7H,8-10H2,1-3H3,(H,23,24). The first-order chi connectivity index (χ1) is 11.7. The molecule has 0 fully saturated rings. The third-order valence-electron chi connectivity index (χ3n) is 4.26. The minimum Gasteiger partial charge on any atom is -0.476 e. The zero-order valence-corrected chi connectivity index (χ0v) is 16.0. The fraction of sp³-hybridized carbons (Fsp3) is 0.389. The quantitative estimate of drug-likeness (QED) is 0.831. The van der Waals surface area contributed by atoms with Gasteiger partial charge in [-0.2, -0.15) is 5.10 Å². The number of nitrogens with zero attached hydrogens (tertiary/aromatic N) is 3. The maximum absolute atomic E-state index is 12.6. The number of halogens is 1. The van der Waals surface area contributed by atoms with Crippen LogP contribution in [-0.2, 0) is 17.8 Å². The number of carbonyl (C=O) groups is 2. The van der Waals surface area contributed by atoms with Gasteiger partial charge in [0, 0.05) is 35.0 Å². The van der Waals surface area contributed by atoms with E-state index in [4.69, 9.17) is 0 Å². The Bertz CT molecular complexity index is 834. The van der Waals surface area contributed by atoms with Gasteiger partial charge in [-0.3, -0.25) is 4.79 Å². The van der Waals surface area contributed by atoms with Crippen molar-refractivity contribution in [2.45, 2.75) is 33.7 Å². The van der Waals surface area contributed by atoms with Gasteiger partial charge in [0.1, 0.15) is 0 Å². The zero-order valence-electron chi connectivity index (χ0n) is 14.4. The van der Waals surface area contributed by atoms with E-state index in [0.29, 0.717) is 18.5 Å². The van der Waals surface area contributed by atoms with Gasteiger partial charge in [0.05, 0.1) is 11.4 Å². The Balaban J connectivity index is 2.03. The number of rotatable bonds is 2. The predicted octanol–water partition coefficient (Wildman–Crippen LogP) is 3.26. The van der Waals surface area contributed by atoms with Crippen molar-refractivity contribution in [2.24, 2.45) is 5.41 Å². The average molecular weight is 406 g/mol. The summed E-state index contributed by atoms with van der Waals surface area (Å²) in [5.41, 5.74) is 1.81. The van der Waals surface area contributed by atoms with Crippen LogP contribution < -0.4 is 0 Å². The molecular weight excluding hydrogens is 386 g/mol. The number of aromatic nitrogens is 2. The summed E-state index contributed by atoms with van der Waals surface area (Å²) in [6.07, 6.45) is 0.577. The molecule has 0 atom stereocenters. The summed E-state index contributed by atoms with van der Waals surface area (Å²) in [6, 6.07) is 7.55. The van der Waals surface area contributed by atoms with E-state index in [1.165, 1.54) is 0 Å². The highest BCUT2D eigenvalue weighted by atomic mass is 79.9. The van der Waals surface area contributed by atoms with Crippen LogP contribution in [0.25, 0.3) is 5.69 Å². The Morgan fingerprint density at radius 1 is 1.20 bits per heavy atom. The molecule has 1 amide bonds. The number of hydrogen-bond acceptors (Lipinski definition) is 3. The van der Waals surface area contributed by atoms with Crippen molar-refractivity contribution in [1.82, 2.24) is 14.7 Å². The van der Waals surface area contributed by atoms with E-state index in [1.807, 2.05) is 45.0 Å². The first kappa shape index (κ1) is 17.7. The number of carboxylic acid groups (broad SMARTS) is 1. The van der Waals surface area contributed by atoms with Crippen molar-refractivity contribution in [3.8, 4) is 5.69 Å². The first-order valence-electron chi connectivity index (χ1n) is 8.08. The lowest BCUT2D eigenvalue weighted by Crippen LogP contribution is -2.42. The molecule has 0 saturated heterocycles. The van der Waals surface area contributed by atoms with Crippen molar-refractivity contribution < 1.29 is 14.7 Å². The normalized spacial score (nSPS) is 14.3. The Morgan fingerprint density at radius 2 is 1.84 bits per heavy atom. The lowest BCUT2D eigenvalue weighted by Gasteiger charge is -2.32. The number of benzene rings is 1. The van der Waals surface area contributed by atoms with E-state index < -0.39 is 11.4 Å². The summed E-state index contributed by atoms with van der Waals surface area (Å²) in [5, 5.41) is 13.9. The molecule has 0 radical (unpaired) electrons. The number of fused-ring (bicyclic) bond motifs is 1. The van der Waals surface area contributed by atoms with Crippen LogP contribution in [0.15, 0.2) is 28.7 Å². The molecular formula is C18H20BrN3O3.